The first-order chi connectivity index (χ1) is 11.7. The Labute approximate surface area is 142 Å². The number of aliphatic hydroxyl groups is 1. The van der Waals surface area contributed by atoms with Crippen LogP contribution in [0.15, 0.2) is 59.6 Å². The molecular weight excluding hydrogens is 305 g/mol. The smallest absolute Gasteiger partial charge is 0.191 e. The molecule has 0 heterocycles. The van der Waals surface area contributed by atoms with Crippen LogP contribution in [-0.4, -0.2) is 37.8 Å². The Morgan fingerprint density at radius 2 is 1.92 bits per heavy atom. The van der Waals surface area contributed by atoms with Gasteiger partial charge in [-0.1, -0.05) is 42.5 Å². The lowest BCUT2D eigenvalue weighted by Gasteiger charge is -2.18. The van der Waals surface area contributed by atoms with Gasteiger partial charge >= 0.3 is 0 Å². The summed E-state index contributed by atoms with van der Waals surface area (Å²) >= 11 is 0. The van der Waals surface area contributed by atoms with Crippen LogP contribution in [0.1, 0.15) is 17.0 Å². The monoisotopic (exact) mass is 329 g/mol. The zero-order valence-electron chi connectivity index (χ0n) is 13.9. The predicted octanol–water partition coefficient (Wildman–Crippen LogP) is 2.31. The van der Waals surface area contributed by atoms with Crippen molar-refractivity contribution < 1.29 is 9.50 Å². The maximum Gasteiger partial charge on any atom is 0.191 e. The van der Waals surface area contributed by atoms with Gasteiger partial charge in [0, 0.05) is 26.1 Å². The first-order valence-corrected chi connectivity index (χ1v) is 8.07. The van der Waals surface area contributed by atoms with Gasteiger partial charge in [-0.3, -0.25) is 4.99 Å². The van der Waals surface area contributed by atoms with Crippen molar-refractivity contribution in [1.82, 2.24) is 10.6 Å². The minimum atomic E-state index is -0.219. The molecular formula is C19H24FN3O. The molecule has 0 aliphatic carbocycles. The van der Waals surface area contributed by atoms with Gasteiger partial charge in [0.15, 0.2) is 5.96 Å². The number of nitrogens with one attached hydrogen (secondary N) is 2. The van der Waals surface area contributed by atoms with Crippen molar-refractivity contribution in [2.24, 2.45) is 4.99 Å². The quantitative estimate of drug-likeness (QED) is 0.540. The van der Waals surface area contributed by atoms with Crippen molar-refractivity contribution in [3.05, 3.63) is 71.5 Å². The number of guanidine groups is 1. The molecule has 4 nitrogen and oxygen atoms in total. The molecule has 0 spiro atoms. The normalized spacial score (nSPS) is 12.7. The van der Waals surface area contributed by atoms with E-state index in [0.29, 0.717) is 25.5 Å². The zero-order chi connectivity index (χ0) is 17.2. The van der Waals surface area contributed by atoms with E-state index in [9.17, 15) is 9.50 Å². The van der Waals surface area contributed by atoms with Crippen molar-refractivity contribution in [1.29, 1.82) is 0 Å². The fourth-order valence-corrected chi connectivity index (χ4v) is 2.47. The first-order valence-electron chi connectivity index (χ1n) is 8.07. The van der Waals surface area contributed by atoms with Gasteiger partial charge in [-0.25, -0.2) is 4.39 Å². The molecule has 2 aromatic carbocycles. The molecule has 1 atom stereocenters. The molecule has 0 aliphatic rings. The van der Waals surface area contributed by atoms with Crippen molar-refractivity contribution in [3.63, 3.8) is 0 Å². The van der Waals surface area contributed by atoms with Crippen molar-refractivity contribution in [2.75, 3.05) is 26.7 Å². The number of rotatable bonds is 7. The van der Waals surface area contributed by atoms with Crippen LogP contribution in [0.2, 0.25) is 0 Å². The van der Waals surface area contributed by atoms with Crippen LogP contribution >= 0.6 is 0 Å². The molecule has 2 rings (SSSR count). The van der Waals surface area contributed by atoms with E-state index in [1.807, 2.05) is 36.4 Å². The summed E-state index contributed by atoms with van der Waals surface area (Å²) in [6, 6.07) is 16.5. The number of aliphatic imine (C=N–C) groups is 1. The highest BCUT2D eigenvalue weighted by molar-refractivity contribution is 5.79. The first kappa shape index (κ1) is 17.9. The summed E-state index contributed by atoms with van der Waals surface area (Å²) < 4.78 is 13.1. The molecule has 0 radical (unpaired) electrons. The van der Waals surface area contributed by atoms with Gasteiger partial charge in [-0.05, 0) is 29.7 Å². The summed E-state index contributed by atoms with van der Waals surface area (Å²) in [6.45, 7) is 1.30. The summed E-state index contributed by atoms with van der Waals surface area (Å²) in [7, 11) is 1.70. The molecule has 5 heteroatoms. The third kappa shape index (κ3) is 5.66. The third-order valence-corrected chi connectivity index (χ3v) is 3.83. The highest BCUT2D eigenvalue weighted by Gasteiger charge is 2.10. The fraction of sp³-hybridized carbons (Fsp3) is 0.316. The van der Waals surface area contributed by atoms with Gasteiger partial charge < -0.3 is 15.7 Å². The van der Waals surface area contributed by atoms with Crippen LogP contribution in [0.4, 0.5) is 4.39 Å². The number of halogens is 1. The van der Waals surface area contributed by atoms with E-state index in [2.05, 4.69) is 15.6 Å². The largest absolute Gasteiger partial charge is 0.396 e. The second-order valence-electron chi connectivity index (χ2n) is 5.55. The second kappa shape index (κ2) is 9.67. The van der Waals surface area contributed by atoms with Gasteiger partial charge in [0.25, 0.3) is 0 Å². The molecule has 128 valence electrons. The summed E-state index contributed by atoms with van der Waals surface area (Å²) in [4.78, 5) is 4.18. The molecule has 0 aliphatic heterocycles. The Bertz CT molecular complexity index is 646. The summed E-state index contributed by atoms with van der Waals surface area (Å²) in [6.07, 6.45) is 0.709. The molecule has 0 bridgehead atoms. The van der Waals surface area contributed by atoms with Gasteiger partial charge in [0.2, 0.25) is 0 Å². The molecule has 0 fully saturated rings. The van der Waals surface area contributed by atoms with Crippen molar-refractivity contribution >= 4 is 5.96 Å². The molecule has 3 N–H and O–H groups in total. The van der Waals surface area contributed by atoms with Crippen molar-refractivity contribution in [3.8, 4) is 0 Å². The lowest BCUT2D eigenvalue weighted by Crippen LogP contribution is -2.40. The molecule has 0 saturated carbocycles. The van der Waals surface area contributed by atoms with E-state index >= 15 is 0 Å². The number of nitrogens with zero attached hydrogens (tertiary/aromatic N) is 1. The van der Waals surface area contributed by atoms with E-state index in [-0.39, 0.29) is 18.3 Å². The van der Waals surface area contributed by atoms with Crippen LogP contribution in [0.25, 0.3) is 0 Å². The lowest BCUT2D eigenvalue weighted by atomic mass is 10.0. The standard InChI is InChI=1S/C19H24FN3O/c1-21-19(22-11-10-15-6-5-9-18(20)12-15)23-13-17(14-24)16-7-3-2-4-8-16/h2-9,12,17,24H,10-11,13-14H2,1H3,(H2,21,22,23). The van der Waals surface area contributed by atoms with E-state index in [4.69, 9.17) is 0 Å². The Morgan fingerprint density at radius 3 is 2.58 bits per heavy atom. The van der Waals surface area contributed by atoms with Crippen molar-refractivity contribution in [2.45, 2.75) is 12.3 Å². The number of benzene rings is 2. The Morgan fingerprint density at radius 1 is 1.12 bits per heavy atom. The Kier molecular flexibility index (Phi) is 7.23. The SMILES string of the molecule is CN=C(NCCc1cccc(F)c1)NCC(CO)c1ccccc1. The minimum Gasteiger partial charge on any atom is -0.396 e. The van der Waals surface area contributed by atoms with Gasteiger partial charge in [0.05, 0.1) is 6.61 Å². The van der Waals surface area contributed by atoms with E-state index < -0.39 is 0 Å². The third-order valence-electron chi connectivity index (χ3n) is 3.83. The van der Waals surface area contributed by atoms with E-state index in [0.717, 1.165) is 11.1 Å². The average Bonchev–Trinajstić information content (AvgIpc) is 2.61. The highest BCUT2D eigenvalue weighted by atomic mass is 19.1. The van der Waals surface area contributed by atoms with Gasteiger partial charge in [-0.2, -0.15) is 0 Å². The molecule has 0 aromatic heterocycles. The summed E-state index contributed by atoms with van der Waals surface area (Å²) in [5.41, 5.74) is 2.03. The Balaban J connectivity index is 1.79. The lowest BCUT2D eigenvalue weighted by molar-refractivity contribution is 0.265. The zero-order valence-corrected chi connectivity index (χ0v) is 13.9. The number of hydrogen-bond acceptors (Lipinski definition) is 2. The molecule has 0 saturated heterocycles. The van der Waals surface area contributed by atoms with Crippen LogP contribution < -0.4 is 10.6 Å². The summed E-state index contributed by atoms with van der Waals surface area (Å²) in [5, 5.41) is 16.0. The topological polar surface area (TPSA) is 56.7 Å². The Hall–Kier alpha value is -2.40. The number of aliphatic hydroxyl groups excluding tert-OH is 1. The average molecular weight is 329 g/mol. The maximum absolute atomic E-state index is 13.1. The fourth-order valence-electron chi connectivity index (χ4n) is 2.47. The van der Waals surface area contributed by atoms with Crippen LogP contribution in [0, 0.1) is 5.82 Å². The molecule has 2 aromatic rings. The van der Waals surface area contributed by atoms with Crippen LogP contribution in [0.3, 0.4) is 0 Å². The van der Waals surface area contributed by atoms with E-state index in [1.54, 1.807) is 13.1 Å². The van der Waals surface area contributed by atoms with Crippen LogP contribution in [0.5, 0.6) is 0 Å². The number of hydrogen-bond donors (Lipinski definition) is 3. The second-order valence-corrected chi connectivity index (χ2v) is 5.55. The highest BCUT2D eigenvalue weighted by Crippen LogP contribution is 2.13. The van der Waals surface area contributed by atoms with Gasteiger partial charge in [0.1, 0.15) is 5.82 Å². The summed E-state index contributed by atoms with van der Waals surface area (Å²) in [5.74, 6) is 0.456. The van der Waals surface area contributed by atoms with E-state index in [1.165, 1.54) is 12.1 Å². The molecule has 1 unspecified atom stereocenters. The predicted molar refractivity (Wildman–Crippen MR) is 95.7 cm³/mol. The van der Waals surface area contributed by atoms with Crippen LogP contribution in [-0.2, 0) is 6.42 Å². The maximum atomic E-state index is 13.1. The van der Waals surface area contributed by atoms with Gasteiger partial charge in [-0.15, -0.1) is 0 Å². The molecule has 0 amide bonds. The molecule has 24 heavy (non-hydrogen) atoms. The minimum absolute atomic E-state index is 0.00738.